The number of aliphatic hydroxyl groups excluding tert-OH is 4. The van der Waals surface area contributed by atoms with Gasteiger partial charge in [0.25, 0.3) is 0 Å². The van der Waals surface area contributed by atoms with Crippen LogP contribution in [0.1, 0.15) is 6.92 Å². The molecule has 1 saturated heterocycles. The third-order valence-corrected chi connectivity index (χ3v) is 3.49. The first-order valence-electron chi connectivity index (χ1n) is 6.00. The van der Waals surface area contributed by atoms with Crippen molar-refractivity contribution in [2.75, 3.05) is 6.61 Å². The third kappa shape index (κ3) is 5.17. The van der Waals surface area contributed by atoms with E-state index >= 15 is 0 Å². The van der Waals surface area contributed by atoms with Crippen LogP contribution in [0.4, 0.5) is 0 Å². The Morgan fingerprint density at radius 2 is 1.95 bits per heavy atom. The molecule has 5 N–H and O–H groups in total. The molecule has 0 aromatic carbocycles. The molecule has 0 radical (unpaired) electrons. The second-order valence-electron chi connectivity index (χ2n) is 4.53. The van der Waals surface area contributed by atoms with Crippen molar-refractivity contribution in [3.05, 3.63) is 24.5 Å². The number of allylic oxidation sites excluding steroid dienone is 2. The molecule has 0 saturated carbocycles. The van der Waals surface area contributed by atoms with Crippen molar-refractivity contribution in [3.8, 4) is 0 Å². The van der Waals surface area contributed by atoms with Crippen molar-refractivity contribution in [2.45, 2.75) is 37.6 Å². The van der Waals surface area contributed by atoms with Gasteiger partial charge in [0.15, 0.2) is 6.29 Å². The molecule has 0 spiro atoms. The van der Waals surface area contributed by atoms with Gasteiger partial charge in [0.05, 0.1) is 12.9 Å². The maximum absolute atomic E-state index is 11.6. The Morgan fingerprint density at radius 3 is 2.48 bits per heavy atom. The molecule has 10 heteroatoms. The van der Waals surface area contributed by atoms with Crippen LogP contribution in [-0.4, -0.2) is 62.6 Å². The lowest BCUT2D eigenvalue weighted by Crippen LogP contribution is -2.58. The first-order chi connectivity index (χ1) is 9.68. The van der Waals surface area contributed by atoms with Crippen molar-refractivity contribution in [1.82, 2.24) is 0 Å². The molecule has 1 rings (SSSR count). The van der Waals surface area contributed by atoms with Gasteiger partial charge < -0.3 is 29.7 Å². The molecule has 1 aliphatic heterocycles. The fourth-order valence-electron chi connectivity index (χ4n) is 1.53. The van der Waals surface area contributed by atoms with E-state index in [0.717, 1.165) is 6.26 Å². The highest BCUT2D eigenvalue weighted by Crippen LogP contribution is 2.46. The fourth-order valence-corrected chi connectivity index (χ4v) is 2.24. The SMILES string of the molecule is C=C(C)C=COP(=O)(O)OC1O[C@H](CO)[C@@H](O)[C@H](O)[C@H]1O. The second kappa shape index (κ2) is 7.48. The molecule has 0 bridgehead atoms. The highest BCUT2D eigenvalue weighted by atomic mass is 31.2. The van der Waals surface area contributed by atoms with E-state index in [0.29, 0.717) is 5.57 Å². The van der Waals surface area contributed by atoms with Gasteiger partial charge in [-0.3, -0.25) is 4.89 Å². The average molecular weight is 326 g/mol. The summed E-state index contributed by atoms with van der Waals surface area (Å²) in [6, 6.07) is 0. The normalized spacial score (nSPS) is 36.4. The molecule has 1 aliphatic rings. The average Bonchev–Trinajstić information content (AvgIpc) is 2.38. The monoisotopic (exact) mass is 326 g/mol. The summed E-state index contributed by atoms with van der Waals surface area (Å²) >= 11 is 0. The molecular weight excluding hydrogens is 307 g/mol. The Kier molecular flexibility index (Phi) is 6.51. The van der Waals surface area contributed by atoms with Crippen molar-refractivity contribution in [2.24, 2.45) is 0 Å². The van der Waals surface area contributed by atoms with Gasteiger partial charge in [0.2, 0.25) is 0 Å². The molecule has 122 valence electrons. The van der Waals surface area contributed by atoms with Crippen LogP contribution in [0.15, 0.2) is 24.5 Å². The largest absolute Gasteiger partial charge is 0.529 e. The van der Waals surface area contributed by atoms with Gasteiger partial charge in [0.1, 0.15) is 24.4 Å². The quantitative estimate of drug-likeness (QED) is 0.236. The van der Waals surface area contributed by atoms with E-state index in [-0.39, 0.29) is 0 Å². The van der Waals surface area contributed by atoms with Crippen molar-refractivity contribution in [3.63, 3.8) is 0 Å². The van der Waals surface area contributed by atoms with E-state index in [1.165, 1.54) is 6.08 Å². The topological polar surface area (TPSA) is 146 Å². The van der Waals surface area contributed by atoms with Crippen molar-refractivity contribution < 1.29 is 43.7 Å². The van der Waals surface area contributed by atoms with Crippen LogP contribution in [0, 0.1) is 0 Å². The second-order valence-corrected chi connectivity index (χ2v) is 5.88. The van der Waals surface area contributed by atoms with Crippen molar-refractivity contribution in [1.29, 1.82) is 0 Å². The molecule has 1 heterocycles. The minimum atomic E-state index is -4.63. The maximum atomic E-state index is 11.6. The highest BCUT2D eigenvalue weighted by molar-refractivity contribution is 7.47. The smallest absolute Gasteiger partial charge is 0.412 e. The van der Waals surface area contributed by atoms with E-state index in [2.05, 4.69) is 15.6 Å². The molecule has 0 amide bonds. The summed E-state index contributed by atoms with van der Waals surface area (Å²) in [6.45, 7) is 4.45. The Balaban J connectivity index is 2.71. The van der Waals surface area contributed by atoms with Gasteiger partial charge in [-0.25, -0.2) is 9.09 Å². The summed E-state index contributed by atoms with van der Waals surface area (Å²) in [5.41, 5.74) is 0.558. The van der Waals surface area contributed by atoms with Gasteiger partial charge in [-0.05, 0) is 13.0 Å². The van der Waals surface area contributed by atoms with Gasteiger partial charge in [-0.1, -0.05) is 12.2 Å². The van der Waals surface area contributed by atoms with Crippen LogP contribution in [0.5, 0.6) is 0 Å². The van der Waals surface area contributed by atoms with Crippen LogP contribution >= 0.6 is 7.82 Å². The van der Waals surface area contributed by atoms with Crippen molar-refractivity contribution >= 4 is 7.82 Å². The summed E-state index contributed by atoms with van der Waals surface area (Å²) in [4.78, 5) is 9.44. The number of aliphatic hydroxyl groups is 4. The number of ether oxygens (including phenoxy) is 1. The molecule has 0 aliphatic carbocycles. The molecule has 21 heavy (non-hydrogen) atoms. The Labute approximate surface area is 121 Å². The minimum absolute atomic E-state index is 0.558. The summed E-state index contributed by atoms with van der Waals surface area (Å²) in [7, 11) is -4.63. The molecule has 0 aromatic heterocycles. The zero-order chi connectivity index (χ0) is 16.2. The third-order valence-electron chi connectivity index (χ3n) is 2.63. The first-order valence-corrected chi connectivity index (χ1v) is 7.49. The number of phosphoric ester groups is 1. The minimum Gasteiger partial charge on any atom is -0.412 e. The van der Waals surface area contributed by atoms with Gasteiger partial charge in [-0.2, -0.15) is 0 Å². The maximum Gasteiger partial charge on any atom is 0.529 e. The molecule has 1 fully saturated rings. The molecular formula is C11H19O9P. The summed E-state index contributed by atoms with van der Waals surface area (Å²) in [5, 5.41) is 37.7. The highest BCUT2D eigenvalue weighted by Gasteiger charge is 2.46. The number of hydrogen-bond donors (Lipinski definition) is 5. The summed E-state index contributed by atoms with van der Waals surface area (Å²) < 4.78 is 25.6. The number of hydrogen-bond acceptors (Lipinski definition) is 8. The molecule has 9 nitrogen and oxygen atoms in total. The number of phosphoric acid groups is 1. The lowest BCUT2D eigenvalue weighted by molar-refractivity contribution is -0.280. The molecule has 2 unspecified atom stereocenters. The van der Waals surface area contributed by atoms with E-state index in [9.17, 15) is 24.8 Å². The zero-order valence-corrected chi connectivity index (χ0v) is 12.2. The lowest BCUT2D eigenvalue weighted by Gasteiger charge is -2.39. The number of rotatable bonds is 6. The van der Waals surface area contributed by atoms with E-state index in [1.807, 2.05) is 0 Å². The molecule has 6 atom stereocenters. The fraction of sp³-hybridized carbons (Fsp3) is 0.636. The van der Waals surface area contributed by atoms with Gasteiger partial charge >= 0.3 is 7.82 Å². The first kappa shape index (κ1) is 18.3. The van der Waals surface area contributed by atoms with Gasteiger partial charge in [0, 0.05) is 0 Å². The van der Waals surface area contributed by atoms with Crippen LogP contribution in [0.25, 0.3) is 0 Å². The van der Waals surface area contributed by atoms with Crippen LogP contribution in [0.2, 0.25) is 0 Å². The Morgan fingerprint density at radius 1 is 1.33 bits per heavy atom. The van der Waals surface area contributed by atoms with Crippen LogP contribution in [-0.2, 0) is 18.3 Å². The lowest BCUT2D eigenvalue weighted by atomic mass is 10.00. The Bertz CT molecular complexity index is 435. The van der Waals surface area contributed by atoms with E-state index < -0.39 is 45.1 Å². The zero-order valence-electron chi connectivity index (χ0n) is 11.3. The van der Waals surface area contributed by atoms with Crippen LogP contribution < -0.4 is 0 Å². The predicted molar refractivity (Wildman–Crippen MR) is 69.7 cm³/mol. The van der Waals surface area contributed by atoms with Gasteiger partial charge in [-0.15, -0.1) is 0 Å². The summed E-state index contributed by atoms with van der Waals surface area (Å²) in [5.74, 6) is 0. The van der Waals surface area contributed by atoms with E-state index in [1.54, 1.807) is 6.92 Å². The van der Waals surface area contributed by atoms with Crippen LogP contribution in [0.3, 0.4) is 0 Å². The summed E-state index contributed by atoms with van der Waals surface area (Å²) in [6.07, 6.45) is -5.92. The predicted octanol–water partition coefficient (Wildman–Crippen LogP) is -0.990. The standard InChI is InChI=1S/C11H19O9P/c1-6(2)3-4-18-21(16,17)20-11-10(15)9(14)8(13)7(5-12)19-11/h3-4,7-15H,1,5H2,2H3,(H,16,17)/t7-,8-,9+,10-,11?/m1/s1. The Hall–Kier alpha value is -0.770. The molecule has 0 aromatic rings. The van der Waals surface area contributed by atoms with E-state index in [4.69, 9.17) is 9.84 Å².